The zero-order chi connectivity index (χ0) is 35.8. The molecule has 6 atom stereocenters. The Morgan fingerprint density at radius 3 is 2.10 bits per heavy atom. The number of nitrogens with zero attached hydrogens (tertiary/aromatic N) is 2. The lowest BCUT2D eigenvalue weighted by Crippen LogP contribution is -2.62. The van der Waals surface area contributed by atoms with Crippen LogP contribution in [0.4, 0.5) is 4.79 Å². The van der Waals surface area contributed by atoms with Crippen molar-refractivity contribution in [1.29, 1.82) is 0 Å². The quantitative estimate of drug-likeness (QED) is 0.228. The number of likely N-dealkylation sites (N-methyl/N-ethyl adjacent to an activating group) is 1. The normalized spacial score (nSPS) is 22.9. The van der Waals surface area contributed by atoms with Gasteiger partial charge in [0.15, 0.2) is 0 Å². The van der Waals surface area contributed by atoms with E-state index in [0.717, 1.165) is 25.7 Å². The molecule has 0 aromatic heterocycles. The number of nitrogens with one attached hydrogen (secondary N) is 3. The molecule has 1 saturated heterocycles. The molecule has 0 radical (unpaired) electrons. The van der Waals surface area contributed by atoms with E-state index in [1.807, 2.05) is 41.5 Å². The molecule has 1 aromatic rings. The number of amides is 5. The molecule has 1 aliphatic heterocycles. The van der Waals surface area contributed by atoms with Crippen LogP contribution in [0.5, 0.6) is 0 Å². The van der Waals surface area contributed by atoms with Crippen LogP contribution in [-0.2, 0) is 29.2 Å². The van der Waals surface area contributed by atoms with Crippen LogP contribution in [0.15, 0.2) is 35.2 Å². The van der Waals surface area contributed by atoms with Gasteiger partial charge in [0.25, 0.3) is 5.91 Å². The van der Waals surface area contributed by atoms with Gasteiger partial charge in [-0.3, -0.25) is 19.2 Å². The molecule has 1 heterocycles. The molecule has 14 heteroatoms. The van der Waals surface area contributed by atoms with Gasteiger partial charge in [-0.2, -0.15) is 4.31 Å². The molecule has 266 valence electrons. The van der Waals surface area contributed by atoms with Crippen LogP contribution < -0.4 is 21.7 Å². The number of ketones is 1. The SMILES string of the molecule is CN(C[C@@H](NC(=O)N[C@H](C(=O)N1C[C@@H]2C[C@@H]2[C@H]1C(=O)NC(CC1CCC1)C(=O)C(N)=O)C(C)(C)C)C(C)(C)C)S(=O)(=O)c1ccccc1. The molecule has 2 saturated carbocycles. The number of carbonyl (C=O) groups is 5. The van der Waals surface area contributed by atoms with Crippen molar-refractivity contribution in [3.8, 4) is 0 Å². The molecule has 4 rings (SSSR count). The third-order valence-electron chi connectivity index (χ3n) is 10.0. The number of nitrogens with two attached hydrogens (primary N) is 1. The van der Waals surface area contributed by atoms with Crippen molar-refractivity contribution in [1.82, 2.24) is 25.2 Å². The summed E-state index contributed by atoms with van der Waals surface area (Å²) >= 11 is 0. The molecular formula is C34H52N6O7S. The monoisotopic (exact) mass is 688 g/mol. The van der Waals surface area contributed by atoms with E-state index in [0.29, 0.717) is 13.0 Å². The lowest BCUT2D eigenvalue weighted by atomic mass is 9.80. The van der Waals surface area contributed by atoms with Crippen molar-refractivity contribution in [2.24, 2.45) is 34.3 Å². The lowest BCUT2D eigenvalue weighted by molar-refractivity contribution is -0.144. The first-order chi connectivity index (χ1) is 22.2. The van der Waals surface area contributed by atoms with Crippen molar-refractivity contribution >= 4 is 39.6 Å². The third-order valence-corrected chi connectivity index (χ3v) is 11.8. The highest BCUT2D eigenvalue weighted by molar-refractivity contribution is 7.89. The molecule has 0 bridgehead atoms. The molecule has 13 nitrogen and oxygen atoms in total. The summed E-state index contributed by atoms with van der Waals surface area (Å²) < 4.78 is 27.6. The van der Waals surface area contributed by atoms with Gasteiger partial charge in [0.1, 0.15) is 12.1 Å². The van der Waals surface area contributed by atoms with Crippen molar-refractivity contribution in [3.63, 3.8) is 0 Å². The molecule has 1 unspecified atom stereocenters. The minimum absolute atomic E-state index is 0.0218. The number of primary amides is 1. The maximum atomic E-state index is 14.2. The summed E-state index contributed by atoms with van der Waals surface area (Å²) in [5.74, 6) is -2.62. The molecule has 2 aliphatic carbocycles. The number of carbonyl (C=O) groups excluding carboxylic acids is 5. The predicted molar refractivity (Wildman–Crippen MR) is 180 cm³/mol. The Hall–Kier alpha value is -3.52. The van der Waals surface area contributed by atoms with E-state index in [1.54, 1.807) is 18.2 Å². The number of sulfonamides is 1. The summed E-state index contributed by atoms with van der Waals surface area (Å²) in [7, 11) is -2.37. The molecule has 5 N–H and O–H groups in total. The standard InChI is InChI=1S/C34H52N6O7S/c1-33(2,3)25(19-39(7)48(46,47)22-14-9-8-10-15-22)37-32(45)38-28(34(4,5)6)31(44)40-18-21-17-23(21)26(40)30(43)36-24(27(41)29(35)42)16-20-12-11-13-20/h8-10,14-15,20-21,23-26,28H,11-13,16-19H2,1-7H3,(H2,35,42)(H,36,43)(H2,37,38,45)/t21-,23-,24?,25+,26-,28+/m0/s1. The van der Waals surface area contributed by atoms with E-state index in [4.69, 9.17) is 5.73 Å². The Kier molecular flexibility index (Phi) is 11.0. The maximum Gasteiger partial charge on any atom is 0.315 e. The fourth-order valence-corrected chi connectivity index (χ4v) is 7.77. The highest BCUT2D eigenvalue weighted by Crippen LogP contribution is 2.50. The van der Waals surface area contributed by atoms with Gasteiger partial charge in [-0.05, 0) is 53.6 Å². The summed E-state index contributed by atoms with van der Waals surface area (Å²) in [6.45, 7) is 11.4. The van der Waals surface area contributed by atoms with Gasteiger partial charge in [-0.1, -0.05) is 79.0 Å². The number of Topliss-reactive ketones (excluding diaryl/α,β-unsaturated/α-hetero) is 1. The first-order valence-electron chi connectivity index (χ1n) is 16.7. The number of likely N-dealkylation sites (tertiary alicyclic amines) is 1. The number of rotatable bonds is 13. The lowest BCUT2D eigenvalue weighted by Gasteiger charge is -2.38. The van der Waals surface area contributed by atoms with E-state index in [1.165, 1.54) is 28.4 Å². The number of hydrogen-bond acceptors (Lipinski definition) is 7. The van der Waals surface area contributed by atoms with Crippen LogP contribution >= 0.6 is 0 Å². The van der Waals surface area contributed by atoms with Crippen LogP contribution in [0.2, 0.25) is 0 Å². The zero-order valence-electron chi connectivity index (χ0n) is 29.1. The van der Waals surface area contributed by atoms with Gasteiger partial charge in [-0.25, -0.2) is 13.2 Å². The van der Waals surface area contributed by atoms with E-state index in [9.17, 15) is 32.4 Å². The van der Waals surface area contributed by atoms with E-state index in [-0.39, 0.29) is 29.2 Å². The fraction of sp³-hybridized carbons (Fsp3) is 0.676. The second-order valence-corrected chi connectivity index (χ2v) is 17.9. The van der Waals surface area contributed by atoms with E-state index >= 15 is 0 Å². The number of benzene rings is 1. The van der Waals surface area contributed by atoms with Crippen LogP contribution in [-0.4, -0.2) is 91.5 Å². The Bertz CT molecular complexity index is 1500. The highest BCUT2D eigenvalue weighted by atomic mass is 32.2. The minimum atomic E-state index is -3.82. The molecular weight excluding hydrogens is 636 g/mol. The number of fused-ring (bicyclic) bond motifs is 1. The molecule has 48 heavy (non-hydrogen) atoms. The highest BCUT2D eigenvalue weighted by Gasteiger charge is 2.58. The van der Waals surface area contributed by atoms with Gasteiger partial charge in [0, 0.05) is 26.2 Å². The Labute approximate surface area is 284 Å². The van der Waals surface area contributed by atoms with Gasteiger partial charge >= 0.3 is 6.03 Å². The van der Waals surface area contributed by atoms with Crippen molar-refractivity contribution in [2.45, 2.75) is 103 Å². The topological polar surface area (TPSA) is 188 Å². The Morgan fingerprint density at radius 1 is 0.958 bits per heavy atom. The Balaban J connectivity index is 1.48. The van der Waals surface area contributed by atoms with Crippen LogP contribution in [0.3, 0.4) is 0 Å². The minimum Gasteiger partial charge on any atom is -0.363 e. The first kappa shape index (κ1) is 37.3. The summed E-state index contributed by atoms with van der Waals surface area (Å²) in [5, 5.41) is 8.48. The fourth-order valence-electron chi connectivity index (χ4n) is 6.56. The van der Waals surface area contributed by atoms with Gasteiger partial charge < -0.3 is 26.6 Å². The molecule has 0 spiro atoms. The maximum absolute atomic E-state index is 14.2. The van der Waals surface area contributed by atoms with Crippen LogP contribution in [0, 0.1) is 28.6 Å². The molecule has 3 fully saturated rings. The van der Waals surface area contributed by atoms with Gasteiger partial charge in [0.05, 0.1) is 10.9 Å². The number of urea groups is 1. The summed E-state index contributed by atoms with van der Waals surface area (Å²) in [6.07, 6.45) is 3.94. The summed E-state index contributed by atoms with van der Waals surface area (Å²) in [6, 6.07) is 3.83. The van der Waals surface area contributed by atoms with Crippen molar-refractivity contribution < 1.29 is 32.4 Å². The van der Waals surface area contributed by atoms with Crippen molar-refractivity contribution in [3.05, 3.63) is 30.3 Å². The first-order valence-corrected chi connectivity index (χ1v) is 18.2. The second kappa shape index (κ2) is 14.1. The largest absolute Gasteiger partial charge is 0.363 e. The predicted octanol–water partition coefficient (Wildman–Crippen LogP) is 2.01. The van der Waals surface area contributed by atoms with E-state index in [2.05, 4.69) is 16.0 Å². The zero-order valence-corrected chi connectivity index (χ0v) is 29.9. The second-order valence-electron chi connectivity index (χ2n) is 15.9. The molecule has 3 aliphatic rings. The average Bonchev–Trinajstić information content (AvgIpc) is 3.63. The van der Waals surface area contributed by atoms with Crippen molar-refractivity contribution in [2.75, 3.05) is 20.1 Å². The van der Waals surface area contributed by atoms with Gasteiger partial charge in [0.2, 0.25) is 27.6 Å². The van der Waals surface area contributed by atoms with E-state index < -0.39 is 74.6 Å². The van der Waals surface area contributed by atoms with Crippen LogP contribution in [0.25, 0.3) is 0 Å². The Morgan fingerprint density at radius 2 is 1.58 bits per heavy atom. The van der Waals surface area contributed by atoms with Crippen LogP contribution in [0.1, 0.15) is 73.6 Å². The third kappa shape index (κ3) is 8.55. The molecule has 1 aromatic carbocycles. The summed E-state index contributed by atoms with van der Waals surface area (Å²) in [5.41, 5.74) is 3.98. The average molecular weight is 689 g/mol. The molecule has 5 amide bonds. The summed E-state index contributed by atoms with van der Waals surface area (Å²) in [4.78, 5) is 67.5. The number of piperidine rings is 1. The van der Waals surface area contributed by atoms with Gasteiger partial charge in [-0.15, -0.1) is 0 Å². The smallest absolute Gasteiger partial charge is 0.315 e. The number of hydrogen-bond donors (Lipinski definition) is 4.